The lowest BCUT2D eigenvalue weighted by Gasteiger charge is -2.29. The molecule has 0 radical (unpaired) electrons. The Morgan fingerprint density at radius 2 is 2.10 bits per heavy atom. The molecular weight excluding hydrogens is 343 g/mol. The van der Waals surface area contributed by atoms with Crippen LogP contribution in [0.25, 0.3) is 0 Å². The van der Waals surface area contributed by atoms with Crippen LogP contribution >= 0.6 is 28.1 Å². The van der Waals surface area contributed by atoms with Crippen molar-refractivity contribution in [2.45, 2.75) is 31.7 Å². The highest BCUT2D eigenvalue weighted by Crippen LogP contribution is 2.27. The first-order chi connectivity index (χ1) is 9.50. The van der Waals surface area contributed by atoms with E-state index in [1.807, 2.05) is 0 Å². The van der Waals surface area contributed by atoms with Crippen LogP contribution in [0.1, 0.15) is 36.0 Å². The third-order valence-corrected chi connectivity index (χ3v) is 4.47. The van der Waals surface area contributed by atoms with Crippen molar-refractivity contribution in [2.24, 2.45) is 5.73 Å². The quantitative estimate of drug-likeness (QED) is 0.840. The van der Waals surface area contributed by atoms with Gasteiger partial charge in [0, 0.05) is 6.04 Å². The molecule has 1 saturated carbocycles. The molecule has 1 aromatic rings. The second-order valence-electron chi connectivity index (χ2n) is 4.94. The Morgan fingerprint density at radius 3 is 2.70 bits per heavy atom. The van der Waals surface area contributed by atoms with Crippen molar-refractivity contribution in [2.75, 3.05) is 6.54 Å². The van der Waals surface area contributed by atoms with E-state index in [0.717, 1.165) is 25.7 Å². The first-order valence-electron chi connectivity index (χ1n) is 6.54. The Labute approximate surface area is 131 Å². The van der Waals surface area contributed by atoms with Gasteiger partial charge in [-0.2, -0.15) is 0 Å². The van der Waals surface area contributed by atoms with Gasteiger partial charge in [0.2, 0.25) is 0 Å². The second kappa shape index (κ2) is 6.63. The van der Waals surface area contributed by atoms with Crippen molar-refractivity contribution in [3.05, 3.63) is 34.1 Å². The van der Waals surface area contributed by atoms with E-state index in [-0.39, 0.29) is 28.0 Å². The maximum Gasteiger partial charge on any atom is 0.255 e. The molecule has 2 rings (SSSR count). The lowest BCUT2D eigenvalue weighted by molar-refractivity contribution is 0.0713. The minimum atomic E-state index is -0.447. The molecule has 0 heterocycles. The fourth-order valence-electron chi connectivity index (χ4n) is 2.57. The molecule has 1 aliphatic rings. The van der Waals surface area contributed by atoms with Crippen LogP contribution in [-0.2, 0) is 0 Å². The van der Waals surface area contributed by atoms with Gasteiger partial charge >= 0.3 is 0 Å². The molecule has 6 heteroatoms. The SMILES string of the molecule is NC(=S)CN(C(=O)c1cccc(F)c1Br)C1CCCC1. The van der Waals surface area contributed by atoms with Gasteiger partial charge in [-0.3, -0.25) is 4.79 Å². The summed E-state index contributed by atoms with van der Waals surface area (Å²) in [7, 11) is 0. The molecule has 108 valence electrons. The fourth-order valence-corrected chi connectivity index (χ4v) is 3.15. The third kappa shape index (κ3) is 3.35. The minimum Gasteiger partial charge on any atom is -0.392 e. The number of halogens is 2. The molecule has 3 nitrogen and oxygen atoms in total. The molecule has 0 unspecified atom stereocenters. The highest BCUT2D eigenvalue weighted by molar-refractivity contribution is 9.10. The van der Waals surface area contributed by atoms with E-state index in [2.05, 4.69) is 15.9 Å². The van der Waals surface area contributed by atoms with E-state index in [9.17, 15) is 9.18 Å². The molecule has 1 fully saturated rings. The van der Waals surface area contributed by atoms with Crippen molar-refractivity contribution in [3.8, 4) is 0 Å². The molecule has 2 N–H and O–H groups in total. The van der Waals surface area contributed by atoms with Gasteiger partial charge in [-0.15, -0.1) is 0 Å². The van der Waals surface area contributed by atoms with Crippen LogP contribution in [0.4, 0.5) is 4.39 Å². The maximum atomic E-state index is 13.6. The van der Waals surface area contributed by atoms with Gasteiger partial charge in [-0.1, -0.05) is 31.1 Å². The zero-order valence-corrected chi connectivity index (χ0v) is 13.3. The van der Waals surface area contributed by atoms with E-state index in [0.29, 0.717) is 5.56 Å². The number of thiocarbonyl (C=S) groups is 1. The van der Waals surface area contributed by atoms with E-state index >= 15 is 0 Å². The normalized spacial score (nSPS) is 15.3. The summed E-state index contributed by atoms with van der Waals surface area (Å²) in [6, 6.07) is 4.59. The molecule has 0 spiro atoms. The number of hydrogen-bond acceptors (Lipinski definition) is 2. The van der Waals surface area contributed by atoms with Gasteiger partial charge in [-0.05, 0) is 40.9 Å². The van der Waals surface area contributed by atoms with Crippen molar-refractivity contribution < 1.29 is 9.18 Å². The Morgan fingerprint density at radius 1 is 1.45 bits per heavy atom. The second-order valence-corrected chi connectivity index (χ2v) is 6.26. The topological polar surface area (TPSA) is 46.3 Å². The van der Waals surface area contributed by atoms with Crippen molar-refractivity contribution in [3.63, 3.8) is 0 Å². The number of nitrogens with two attached hydrogens (primary N) is 1. The zero-order chi connectivity index (χ0) is 14.7. The number of carbonyl (C=O) groups is 1. The standard InChI is InChI=1S/C14H16BrFN2OS/c15-13-10(6-3-7-11(13)16)14(19)18(8-12(17)20)9-4-1-2-5-9/h3,6-7,9H,1-2,4-5,8H2,(H2,17,20). The van der Waals surface area contributed by atoms with Gasteiger partial charge in [0.25, 0.3) is 5.91 Å². The Balaban J connectivity index is 2.29. The number of nitrogens with zero attached hydrogens (tertiary/aromatic N) is 1. The van der Waals surface area contributed by atoms with Crippen LogP contribution in [0.15, 0.2) is 22.7 Å². The first-order valence-corrected chi connectivity index (χ1v) is 7.74. The number of rotatable bonds is 4. The molecule has 0 aromatic heterocycles. The molecule has 0 saturated heterocycles. The summed E-state index contributed by atoms with van der Waals surface area (Å²) < 4.78 is 13.8. The van der Waals surface area contributed by atoms with Crippen LogP contribution in [0.5, 0.6) is 0 Å². The molecule has 1 aliphatic carbocycles. The minimum absolute atomic E-state index is 0.138. The third-order valence-electron chi connectivity index (χ3n) is 3.53. The molecule has 0 bridgehead atoms. The van der Waals surface area contributed by atoms with Crippen molar-refractivity contribution >= 4 is 39.0 Å². The largest absolute Gasteiger partial charge is 0.392 e. The van der Waals surface area contributed by atoms with E-state index in [1.165, 1.54) is 12.1 Å². The average Bonchev–Trinajstić information content (AvgIpc) is 2.92. The summed E-state index contributed by atoms with van der Waals surface area (Å²) >= 11 is 8.07. The van der Waals surface area contributed by atoms with Gasteiger partial charge in [-0.25, -0.2) is 4.39 Å². The van der Waals surface area contributed by atoms with Crippen LogP contribution in [-0.4, -0.2) is 28.4 Å². The summed E-state index contributed by atoms with van der Waals surface area (Å²) in [4.78, 5) is 14.6. The van der Waals surface area contributed by atoms with Crippen LogP contribution in [0, 0.1) is 5.82 Å². The summed E-state index contributed by atoms with van der Waals surface area (Å²) in [5, 5.41) is 0. The van der Waals surface area contributed by atoms with E-state index in [4.69, 9.17) is 18.0 Å². The summed E-state index contributed by atoms with van der Waals surface area (Å²) in [6.07, 6.45) is 4.08. The number of hydrogen-bond donors (Lipinski definition) is 1. The zero-order valence-electron chi connectivity index (χ0n) is 10.9. The Hall–Kier alpha value is -1.01. The lowest BCUT2D eigenvalue weighted by atomic mass is 10.1. The predicted octanol–water partition coefficient (Wildman–Crippen LogP) is 3.26. The summed E-state index contributed by atoms with van der Waals surface area (Å²) in [6.45, 7) is 0.238. The maximum absolute atomic E-state index is 13.6. The number of benzene rings is 1. The van der Waals surface area contributed by atoms with Gasteiger partial charge < -0.3 is 10.6 Å². The smallest absolute Gasteiger partial charge is 0.255 e. The van der Waals surface area contributed by atoms with Crippen LogP contribution in [0.3, 0.4) is 0 Å². The summed E-state index contributed by atoms with van der Waals surface area (Å²) in [5.74, 6) is -0.673. The molecule has 1 aromatic carbocycles. The molecule has 0 atom stereocenters. The average molecular weight is 359 g/mol. The van der Waals surface area contributed by atoms with Crippen LogP contribution < -0.4 is 5.73 Å². The molecule has 1 amide bonds. The van der Waals surface area contributed by atoms with Crippen molar-refractivity contribution in [1.29, 1.82) is 0 Å². The lowest BCUT2D eigenvalue weighted by Crippen LogP contribution is -2.43. The van der Waals surface area contributed by atoms with Gasteiger partial charge in [0.1, 0.15) is 5.82 Å². The van der Waals surface area contributed by atoms with Gasteiger partial charge in [0.15, 0.2) is 0 Å². The molecule has 20 heavy (non-hydrogen) atoms. The van der Waals surface area contributed by atoms with Crippen molar-refractivity contribution in [1.82, 2.24) is 4.90 Å². The number of amides is 1. The van der Waals surface area contributed by atoms with Crippen LogP contribution in [0.2, 0.25) is 0 Å². The van der Waals surface area contributed by atoms with Gasteiger partial charge in [0.05, 0.1) is 21.6 Å². The van der Waals surface area contributed by atoms with E-state index in [1.54, 1.807) is 11.0 Å². The highest BCUT2D eigenvalue weighted by atomic mass is 79.9. The summed E-state index contributed by atoms with van der Waals surface area (Å²) in [5.41, 5.74) is 5.91. The van der Waals surface area contributed by atoms with E-state index < -0.39 is 5.82 Å². The number of carbonyl (C=O) groups excluding carboxylic acids is 1. The predicted molar refractivity (Wildman–Crippen MR) is 84.2 cm³/mol. The monoisotopic (exact) mass is 358 g/mol. The molecular formula is C14H16BrFN2OS. The highest BCUT2D eigenvalue weighted by Gasteiger charge is 2.29. The Kier molecular flexibility index (Phi) is 5.10. The fraction of sp³-hybridized carbons (Fsp3) is 0.429. The first kappa shape index (κ1) is 15.4. The Bertz CT molecular complexity index is 532. The molecule has 0 aliphatic heterocycles.